The van der Waals surface area contributed by atoms with Crippen molar-refractivity contribution in [3.05, 3.63) is 28.5 Å². The molecule has 1 heterocycles. The van der Waals surface area contributed by atoms with Crippen molar-refractivity contribution in [1.29, 1.82) is 0 Å². The number of carbonyl (C=O) groups is 1. The summed E-state index contributed by atoms with van der Waals surface area (Å²) in [6.07, 6.45) is 5.37. The third-order valence-corrected chi connectivity index (χ3v) is 3.71. The molecule has 1 aliphatic rings. The van der Waals surface area contributed by atoms with Crippen LogP contribution in [-0.4, -0.2) is 24.2 Å². The second-order valence-corrected chi connectivity index (χ2v) is 5.20. The van der Waals surface area contributed by atoms with Crippen LogP contribution in [0, 0.1) is 5.41 Å². The van der Waals surface area contributed by atoms with E-state index in [0.717, 1.165) is 17.7 Å². The lowest BCUT2D eigenvalue weighted by Gasteiger charge is -2.10. The van der Waals surface area contributed by atoms with Crippen molar-refractivity contribution >= 4 is 23.3 Å². The lowest BCUT2D eigenvalue weighted by Crippen LogP contribution is -2.30. The number of aliphatic hydroxyl groups excluding tert-OH is 1. The molecule has 1 fully saturated rings. The quantitative estimate of drug-likeness (QED) is 0.765. The van der Waals surface area contributed by atoms with Crippen molar-refractivity contribution in [2.24, 2.45) is 5.41 Å². The van der Waals surface area contributed by atoms with E-state index in [0.29, 0.717) is 6.54 Å². The molecule has 0 aromatic carbocycles. The summed E-state index contributed by atoms with van der Waals surface area (Å²) in [5.74, 6) is -0.0897. The Hall–Kier alpha value is -1.13. The van der Waals surface area contributed by atoms with Gasteiger partial charge in [0.25, 0.3) is 0 Å². The molecule has 2 N–H and O–H groups in total. The van der Waals surface area contributed by atoms with Gasteiger partial charge in [-0.3, -0.25) is 4.79 Å². The van der Waals surface area contributed by atoms with Crippen molar-refractivity contribution in [2.45, 2.75) is 12.8 Å². The molecule has 0 saturated heterocycles. The van der Waals surface area contributed by atoms with Crippen molar-refractivity contribution in [2.75, 3.05) is 13.2 Å². The SMILES string of the molecule is O=C(/C=C/c1cccs1)NCC1(CO)CC1. The molecule has 0 atom stereocenters. The first-order valence-electron chi connectivity index (χ1n) is 5.34. The van der Waals surface area contributed by atoms with Gasteiger partial charge in [0.2, 0.25) is 5.91 Å². The number of carbonyl (C=O) groups excluding carboxylic acids is 1. The predicted octanol–water partition coefficient (Wildman–Crippen LogP) is 1.65. The average molecular weight is 237 g/mol. The van der Waals surface area contributed by atoms with Crippen LogP contribution in [0.2, 0.25) is 0 Å². The molecule has 1 aromatic rings. The van der Waals surface area contributed by atoms with Crippen molar-refractivity contribution in [3.63, 3.8) is 0 Å². The number of rotatable bonds is 5. The van der Waals surface area contributed by atoms with E-state index in [4.69, 9.17) is 5.11 Å². The van der Waals surface area contributed by atoms with E-state index in [2.05, 4.69) is 5.32 Å². The van der Waals surface area contributed by atoms with Crippen LogP contribution in [-0.2, 0) is 4.79 Å². The number of nitrogens with one attached hydrogen (secondary N) is 1. The fourth-order valence-electron chi connectivity index (χ4n) is 1.45. The fourth-order valence-corrected chi connectivity index (χ4v) is 2.06. The monoisotopic (exact) mass is 237 g/mol. The molecule has 0 spiro atoms. The normalized spacial score (nSPS) is 17.6. The van der Waals surface area contributed by atoms with E-state index in [1.807, 2.05) is 17.5 Å². The third kappa shape index (κ3) is 2.93. The molecule has 1 aromatic heterocycles. The van der Waals surface area contributed by atoms with Gasteiger partial charge in [-0.1, -0.05) is 6.07 Å². The smallest absolute Gasteiger partial charge is 0.244 e. The summed E-state index contributed by atoms with van der Waals surface area (Å²) in [5, 5.41) is 13.9. The minimum Gasteiger partial charge on any atom is -0.396 e. The molecule has 1 saturated carbocycles. The molecule has 0 unspecified atom stereocenters. The highest BCUT2D eigenvalue weighted by Gasteiger charge is 2.41. The largest absolute Gasteiger partial charge is 0.396 e. The molecule has 4 heteroatoms. The van der Waals surface area contributed by atoms with Gasteiger partial charge >= 0.3 is 0 Å². The summed E-state index contributed by atoms with van der Waals surface area (Å²) in [5.41, 5.74) is -0.0214. The van der Waals surface area contributed by atoms with E-state index >= 15 is 0 Å². The zero-order valence-electron chi connectivity index (χ0n) is 8.98. The molecule has 0 aliphatic heterocycles. The van der Waals surface area contributed by atoms with Crippen LogP contribution in [0.15, 0.2) is 23.6 Å². The van der Waals surface area contributed by atoms with Gasteiger partial charge in [-0.2, -0.15) is 0 Å². The summed E-state index contributed by atoms with van der Waals surface area (Å²) in [6, 6.07) is 3.91. The number of hydrogen-bond donors (Lipinski definition) is 2. The summed E-state index contributed by atoms with van der Waals surface area (Å²) in [4.78, 5) is 12.5. The standard InChI is InChI=1S/C12H15NO2S/c14-9-12(5-6-12)8-13-11(15)4-3-10-2-1-7-16-10/h1-4,7,14H,5-6,8-9H2,(H,13,15)/b4-3+. The van der Waals surface area contributed by atoms with Crippen molar-refractivity contribution in [3.8, 4) is 0 Å². The zero-order chi connectivity index (χ0) is 11.4. The molecule has 0 bridgehead atoms. The first-order valence-corrected chi connectivity index (χ1v) is 6.22. The summed E-state index contributed by atoms with van der Waals surface area (Å²) in [6.45, 7) is 0.749. The van der Waals surface area contributed by atoms with Crippen molar-refractivity contribution in [1.82, 2.24) is 5.32 Å². The van der Waals surface area contributed by atoms with Crippen LogP contribution in [0.5, 0.6) is 0 Å². The first kappa shape index (κ1) is 11.4. The van der Waals surface area contributed by atoms with Gasteiger partial charge in [0, 0.05) is 22.9 Å². The molecule has 1 amide bonds. The Bertz CT molecular complexity index is 380. The molecule has 1 aliphatic carbocycles. The van der Waals surface area contributed by atoms with Gasteiger partial charge in [-0.15, -0.1) is 11.3 Å². The molecule has 0 radical (unpaired) electrons. The molecule has 86 valence electrons. The van der Waals surface area contributed by atoms with Crippen LogP contribution >= 0.6 is 11.3 Å². The van der Waals surface area contributed by atoms with Gasteiger partial charge in [-0.25, -0.2) is 0 Å². The highest BCUT2D eigenvalue weighted by molar-refractivity contribution is 7.10. The highest BCUT2D eigenvalue weighted by atomic mass is 32.1. The van der Waals surface area contributed by atoms with Crippen molar-refractivity contribution < 1.29 is 9.90 Å². The van der Waals surface area contributed by atoms with Gasteiger partial charge < -0.3 is 10.4 Å². The first-order chi connectivity index (χ1) is 7.74. The average Bonchev–Trinajstić information content (AvgIpc) is 2.90. The maximum atomic E-state index is 11.5. The Morgan fingerprint density at radius 2 is 2.44 bits per heavy atom. The molecule has 16 heavy (non-hydrogen) atoms. The Morgan fingerprint density at radius 1 is 1.62 bits per heavy atom. The van der Waals surface area contributed by atoms with Gasteiger partial charge in [0.15, 0.2) is 0 Å². The second-order valence-electron chi connectivity index (χ2n) is 4.22. The fraction of sp³-hybridized carbons (Fsp3) is 0.417. The molecular weight excluding hydrogens is 222 g/mol. The lowest BCUT2D eigenvalue weighted by molar-refractivity contribution is -0.116. The van der Waals surface area contributed by atoms with Crippen LogP contribution < -0.4 is 5.32 Å². The highest BCUT2D eigenvalue weighted by Crippen LogP contribution is 2.44. The second kappa shape index (κ2) is 4.80. The summed E-state index contributed by atoms with van der Waals surface area (Å²) < 4.78 is 0. The molecule has 2 rings (SSSR count). The Labute approximate surface area is 98.8 Å². The van der Waals surface area contributed by atoms with E-state index in [1.54, 1.807) is 23.5 Å². The number of amides is 1. The maximum absolute atomic E-state index is 11.5. The minimum atomic E-state index is -0.0897. The lowest BCUT2D eigenvalue weighted by atomic mass is 10.1. The van der Waals surface area contributed by atoms with E-state index < -0.39 is 0 Å². The third-order valence-electron chi connectivity index (χ3n) is 2.87. The van der Waals surface area contributed by atoms with Gasteiger partial charge in [-0.05, 0) is 30.4 Å². The zero-order valence-corrected chi connectivity index (χ0v) is 9.80. The Kier molecular flexibility index (Phi) is 3.41. The Balaban J connectivity index is 1.76. The molecular formula is C12H15NO2S. The van der Waals surface area contributed by atoms with Gasteiger partial charge in [0.1, 0.15) is 0 Å². The van der Waals surface area contributed by atoms with Crippen LogP contribution in [0.4, 0.5) is 0 Å². The maximum Gasteiger partial charge on any atom is 0.244 e. The minimum absolute atomic E-state index is 0.0214. The van der Waals surface area contributed by atoms with Gasteiger partial charge in [0.05, 0.1) is 6.61 Å². The molecule has 3 nitrogen and oxygen atoms in total. The van der Waals surface area contributed by atoms with Crippen LogP contribution in [0.1, 0.15) is 17.7 Å². The Morgan fingerprint density at radius 3 is 3.00 bits per heavy atom. The topological polar surface area (TPSA) is 49.3 Å². The summed E-state index contributed by atoms with van der Waals surface area (Å²) in [7, 11) is 0. The number of aliphatic hydroxyl groups is 1. The van der Waals surface area contributed by atoms with E-state index in [9.17, 15) is 4.79 Å². The van der Waals surface area contributed by atoms with E-state index in [-0.39, 0.29) is 17.9 Å². The number of thiophene rings is 1. The van der Waals surface area contributed by atoms with Crippen LogP contribution in [0.25, 0.3) is 6.08 Å². The predicted molar refractivity (Wildman–Crippen MR) is 65.1 cm³/mol. The number of hydrogen-bond acceptors (Lipinski definition) is 3. The van der Waals surface area contributed by atoms with E-state index in [1.165, 1.54) is 0 Å². The summed E-state index contributed by atoms with van der Waals surface area (Å²) >= 11 is 1.60. The van der Waals surface area contributed by atoms with Crippen LogP contribution in [0.3, 0.4) is 0 Å².